The predicted octanol–water partition coefficient (Wildman–Crippen LogP) is 1.41. The highest BCUT2D eigenvalue weighted by molar-refractivity contribution is 7.85. The lowest BCUT2D eigenvalue weighted by Crippen LogP contribution is -2.14. The summed E-state index contributed by atoms with van der Waals surface area (Å²) < 4.78 is 26.5. The van der Waals surface area contributed by atoms with Crippen LogP contribution in [0.25, 0.3) is 0 Å². The van der Waals surface area contributed by atoms with E-state index >= 15 is 0 Å². The molecule has 5 heteroatoms. The van der Waals surface area contributed by atoms with Gasteiger partial charge >= 0.3 is 0 Å². The van der Waals surface area contributed by atoms with Gasteiger partial charge in [0.1, 0.15) is 0 Å². The topological polar surface area (TPSA) is 46.4 Å². The van der Waals surface area contributed by atoms with Crippen molar-refractivity contribution in [3.63, 3.8) is 0 Å². The van der Waals surface area contributed by atoms with Gasteiger partial charge in [0.25, 0.3) is 10.1 Å². The summed E-state index contributed by atoms with van der Waals surface area (Å²) in [7, 11) is -3.32. The molecule has 0 saturated carbocycles. The molecule has 3 atom stereocenters. The van der Waals surface area contributed by atoms with E-state index in [9.17, 15) is 8.42 Å². The lowest BCUT2D eigenvalue weighted by molar-refractivity contribution is 0.284. The van der Waals surface area contributed by atoms with Gasteiger partial charge in [-0.2, -0.15) is 8.42 Å². The monoisotopic (exact) mass is 255 g/mol. The van der Waals surface area contributed by atoms with Crippen molar-refractivity contribution >= 4 is 10.1 Å². The van der Waals surface area contributed by atoms with Crippen LogP contribution in [0.3, 0.4) is 0 Å². The van der Waals surface area contributed by atoms with Crippen molar-refractivity contribution in [3.05, 3.63) is 35.9 Å². The van der Waals surface area contributed by atoms with E-state index in [1.54, 1.807) is 0 Å². The van der Waals surface area contributed by atoms with E-state index < -0.39 is 10.1 Å². The zero-order valence-electron chi connectivity index (χ0n) is 10.0. The first kappa shape index (κ1) is 12.5. The molecule has 0 N–H and O–H groups in total. The molecule has 0 radical (unpaired) electrons. The van der Waals surface area contributed by atoms with Gasteiger partial charge in [0, 0.05) is 18.6 Å². The Hall–Kier alpha value is -0.910. The van der Waals surface area contributed by atoms with Crippen LogP contribution in [0.4, 0.5) is 0 Å². The summed E-state index contributed by atoms with van der Waals surface area (Å²) in [6.07, 6.45) is 1.08. The van der Waals surface area contributed by atoms with Crippen LogP contribution in [0.2, 0.25) is 0 Å². The Morgan fingerprint density at radius 2 is 2.06 bits per heavy atom. The van der Waals surface area contributed by atoms with E-state index in [-0.39, 0.29) is 12.6 Å². The summed E-state index contributed by atoms with van der Waals surface area (Å²) in [5.74, 6) is 0. The SMILES string of the molecule is C[C@H](c1ccccc1)N1C[C@H]1COS(C)(=O)=O. The molecule has 0 aromatic heterocycles. The maximum atomic E-state index is 10.9. The van der Waals surface area contributed by atoms with Crippen LogP contribution < -0.4 is 0 Å². The van der Waals surface area contributed by atoms with E-state index in [1.165, 1.54) is 5.56 Å². The first-order chi connectivity index (χ1) is 7.97. The van der Waals surface area contributed by atoms with Gasteiger partial charge in [0.2, 0.25) is 0 Å². The van der Waals surface area contributed by atoms with E-state index in [2.05, 4.69) is 24.0 Å². The normalized spacial score (nSPS) is 25.5. The van der Waals surface area contributed by atoms with Crippen molar-refractivity contribution < 1.29 is 12.6 Å². The fraction of sp³-hybridized carbons (Fsp3) is 0.500. The molecule has 1 aromatic rings. The first-order valence-corrected chi connectivity index (χ1v) is 7.44. The lowest BCUT2D eigenvalue weighted by Gasteiger charge is -2.14. The molecule has 1 aliphatic rings. The number of nitrogens with zero attached hydrogens (tertiary/aromatic N) is 1. The molecule has 2 rings (SSSR count). The van der Waals surface area contributed by atoms with Crippen LogP contribution in [0.1, 0.15) is 18.5 Å². The minimum absolute atomic E-state index is 0.222. The molecule has 1 unspecified atom stereocenters. The second-order valence-electron chi connectivity index (χ2n) is 4.43. The molecule has 0 spiro atoms. The summed E-state index contributed by atoms with van der Waals surface area (Å²) in [5.41, 5.74) is 1.24. The summed E-state index contributed by atoms with van der Waals surface area (Å²) in [4.78, 5) is 2.22. The Labute approximate surface area is 102 Å². The number of benzene rings is 1. The third kappa shape index (κ3) is 3.52. The quantitative estimate of drug-likeness (QED) is 0.589. The van der Waals surface area contributed by atoms with Crippen LogP contribution in [0.15, 0.2) is 30.3 Å². The van der Waals surface area contributed by atoms with E-state index in [4.69, 9.17) is 4.18 Å². The fourth-order valence-electron chi connectivity index (χ4n) is 1.94. The highest BCUT2D eigenvalue weighted by Gasteiger charge is 2.38. The summed E-state index contributed by atoms with van der Waals surface area (Å²) in [5, 5.41) is 0. The molecule has 1 aliphatic heterocycles. The maximum absolute atomic E-state index is 10.9. The predicted molar refractivity (Wildman–Crippen MR) is 66.1 cm³/mol. The molecule has 1 fully saturated rings. The van der Waals surface area contributed by atoms with Gasteiger partial charge in [-0.3, -0.25) is 9.08 Å². The van der Waals surface area contributed by atoms with Crippen LogP contribution in [0, 0.1) is 0 Å². The summed E-state index contributed by atoms with van der Waals surface area (Å²) in [6.45, 7) is 3.28. The zero-order chi connectivity index (χ0) is 12.5. The van der Waals surface area contributed by atoms with Gasteiger partial charge in [-0.15, -0.1) is 0 Å². The molecular weight excluding hydrogens is 238 g/mol. The summed E-state index contributed by atoms with van der Waals surface area (Å²) in [6, 6.07) is 10.7. The van der Waals surface area contributed by atoms with Crippen LogP contribution >= 0.6 is 0 Å². The van der Waals surface area contributed by atoms with Crippen molar-refractivity contribution in [2.75, 3.05) is 19.4 Å². The largest absolute Gasteiger partial charge is 0.288 e. The molecule has 1 aromatic carbocycles. The zero-order valence-corrected chi connectivity index (χ0v) is 10.9. The second-order valence-corrected chi connectivity index (χ2v) is 6.07. The standard InChI is InChI=1S/C12H17NO3S/c1-10(11-6-4-3-5-7-11)13-8-12(13)9-16-17(2,14)15/h3-7,10,12H,8-9H2,1-2H3/t10-,12+,13?/m1/s1. The second kappa shape index (κ2) is 4.76. The molecule has 1 saturated heterocycles. The molecule has 94 valence electrons. The smallest absolute Gasteiger partial charge is 0.264 e. The van der Waals surface area contributed by atoms with Crippen LogP contribution in [-0.4, -0.2) is 38.8 Å². The van der Waals surface area contributed by atoms with Gasteiger partial charge < -0.3 is 0 Å². The molecule has 1 heterocycles. The van der Waals surface area contributed by atoms with Crippen molar-refractivity contribution in [2.24, 2.45) is 0 Å². The Morgan fingerprint density at radius 1 is 1.41 bits per heavy atom. The Bertz CT molecular complexity index is 472. The number of hydrogen-bond donors (Lipinski definition) is 0. The number of hydrogen-bond acceptors (Lipinski definition) is 4. The van der Waals surface area contributed by atoms with E-state index in [0.29, 0.717) is 6.04 Å². The third-order valence-electron chi connectivity index (χ3n) is 3.01. The highest BCUT2D eigenvalue weighted by atomic mass is 32.2. The molecule has 0 bridgehead atoms. The minimum atomic E-state index is -3.32. The van der Waals surface area contributed by atoms with Crippen molar-refractivity contribution in [1.29, 1.82) is 0 Å². The average molecular weight is 255 g/mol. The average Bonchev–Trinajstić information content (AvgIpc) is 3.05. The van der Waals surface area contributed by atoms with Crippen molar-refractivity contribution in [2.45, 2.75) is 19.0 Å². The molecule has 4 nitrogen and oxygen atoms in total. The Balaban J connectivity index is 1.87. The van der Waals surface area contributed by atoms with Gasteiger partial charge in [-0.1, -0.05) is 30.3 Å². The van der Waals surface area contributed by atoms with E-state index in [0.717, 1.165) is 12.8 Å². The van der Waals surface area contributed by atoms with Gasteiger partial charge in [-0.25, -0.2) is 0 Å². The van der Waals surface area contributed by atoms with Crippen LogP contribution in [-0.2, 0) is 14.3 Å². The fourth-order valence-corrected chi connectivity index (χ4v) is 2.35. The third-order valence-corrected chi connectivity index (χ3v) is 3.58. The molecule has 17 heavy (non-hydrogen) atoms. The first-order valence-electron chi connectivity index (χ1n) is 5.62. The molecular formula is C12H17NO3S. The van der Waals surface area contributed by atoms with Crippen molar-refractivity contribution in [1.82, 2.24) is 4.90 Å². The Morgan fingerprint density at radius 3 is 2.65 bits per heavy atom. The maximum Gasteiger partial charge on any atom is 0.264 e. The van der Waals surface area contributed by atoms with Crippen LogP contribution in [0.5, 0.6) is 0 Å². The molecule has 0 aliphatic carbocycles. The van der Waals surface area contributed by atoms with Gasteiger partial charge in [-0.05, 0) is 12.5 Å². The van der Waals surface area contributed by atoms with E-state index in [1.807, 2.05) is 18.2 Å². The highest BCUT2D eigenvalue weighted by Crippen LogP contribution is 2.31. The Kier molecular flexibility index (Phi) is 3.51. The van der Waals surface area contributed by atoms with Crippen molar-refractivity contribution in [3.8, 4) is 0 Å². The lowest BCUT2D eigenvalue weighted by atomic mass is 10.1. The van der Waals surface area contributed by atoms with Gasteiger partial charge in [0.15, 0.2) is 0 Å². The summed E-state index contributed by atoms with van der Waals surface area (Å²) >= 11 is 0. The molecule has 0 amide bonds. The number of rotatable bonds is 5. The van der Waals surface area contributed by atoms with Gasteiger partial charge in [0.05, 0.1) is 12.9 Å². The minimum Gasteiger partial charge on any atom is -0.288 e.